The Balaban J connectivity index is 2.06. The lowest BCUT2D eigenvalue weighted by Gasteiger charge is -2.30. The van der Waals surface area contributed by atoms with Crippen LogP contribution in [0.5, 0.6) is 0 Å². The van der Waals surface area contributed by atoms with Crippen molar-refractivity contribution in [2.45, 2.75) is 44.6 Å². The number of hydrogen-bond donors (Lipinski definition) is 1. The van der Waals surface area contributed by atoms with Crippen LogP contribution in [0.1, 0.15) is 31.5 Å². The molecule has 1 aliphatic heterocycles. The lowest BCUT2D eigenvalue weighted by molar-refractivity contribution is -0.138. The van der Waals surface area contributed by atoms with Gasteiger partial charge in [0.15, 0.2) is 5.82 Å². The molecular weight excluding hydrogens is 266 g/mol. The Morgan fingerprint density at radius 2 is 2.10 bits per heavy atom. The fourth-order valence-corrected chi connectivity index (χ4v) is 2.86. The topological polar surface area (TPSA) is 58.1 Å². The van der Waals surface area contributed by atoms with Crippen LogP contribution in [0.25, 0.3) is 0 Å². The first-order valence-electron chi connectivity index (χ1n) is 6.77. The molecule has 1 aromatic rings. The number of fused-ring (bicyclic) bond motifs is 1. The minimum absolute atomic E-state index is 0.0154. The Bertz CT molecular complexity index is 543. The predicted octanol–water partition coefficient (Wildman–Crippen LogP) is 2.12. The van der Waals surface area contributed by atoms with Crippen molar-refractivity contribution in [2.75, 3.05) is 16.8 Å². The van der Waals surface area contributed by atoms with Gasteiger partial charge < -0.3 is 10.2 Å². The highest BCUT2D eigenvalue weighted by molar-refractivity contribution is 6.00. The zero-order chi connectivity index (χ0) is 14.3. The van der Waals surface area contributed by atoms with Crippen molar-refractivity contribution in [3.05, 3.63) is 12.0 Å². The molecule has 3 rings (SSSR count). The van der Waals surface area contributed by atoms with E-state index in [9.17, 15) is 13.6 Å². The molecule has 0 spiro atoms. The van der Waals surface area contributed by atoms with Crippen LogP contribution in [-0.2, 0) is 4.79 Å². The molecule has 1 aliphatic carbocycles. The molecule has 0 atom stereocenters. The van der Waals surface area contributed by atoms with E-state index in [4.69, 9.17) is 0 Å². The number of anilines is 2. The van der Waals surface area contributed by atoms with E-state index in [2.05, 4.69) is 15.3 Å². The maximum atomic E-state index is 13.9. The van der Waals surface area contributed by atoms with Gasteiger partial charge in [0.2, 0.25) is 0 Å². The van der Waals surface area contributed by atoms with Crippen molar-refractivity contribution in [3.8, 4) is 0 Å². The minimum atomic E-state index is -3.42. The largest absolute Gasteiger partial charge is 0.345 e. The van der Waals surface area contributed by atoms with Gasteiger partial charge >= 0.3 is 5.92 Å². The Morgan fingerprint density at radius 1 is 1.40 bits per heavy atom. The monoisotopic (exact) mass is 282 g/mol. The summed E-state index contributed by atoms with van der Waals surface area (Å²) in [5.74, 6) is -3.79. The van der Waals surface area contributed by atoms with Crippen LogP contribution in [-0.4, -0.2) is 34.4 Å². The van der Waals surface area contributed by atoms with Crippen LogP contribution in [0.4, 0.5) is 20.3 Å². The second kappa shape index (κ2) is 4.64. The zero-order valence-corrected chi connectivity index (χ0v) is 11.2. The van der Waals surface area contributed by atoms with Crippen molar-refractivity contribution in [2.24, 2.45) is 0 Å². The first-order chi connectivity index (χ1) is 9.47. The molecule has 5 nitrogen and oxygen atoms in total. The third kappa shape index (κ3) is 2.21. The van der Waals surface area contributed by atoms with E-state index in [0.717, 1.165) is 25.7 Å². The number of amides is 1. The predicted molar refractivity (Wildman–Crippen MR) is 69.9 cm³/mol. The van der Waals surface area contributed by atoms with Gasteiger partial charge in [-0.2, -0.15) is 8.78 Å². The summed E-state index contributed by atoms with van der Waals surface area (Å²) < 4.78 is 27.9. The van der Waals surface area contributed by atoms with E-state index in [1.807, 2.05) is 0 Å². The molecule has 2 aliphatic rings. The minimum Gasteiger partial charge on any atom is -0.345 e. The van der Waals surface area contributed by atoms with Crippen molar-refractivity contribution in [1.29, 1.82) is 0 Å². The summed E-state index contributed by atoms with van der Waals surface area (Å²) in [5.41, 5.74) is 0.268. The summed E-state index contributed by atoms with van der Waals surface area (Å²) in [4.78, 5) is 21.4. The fraction of sp³-hybridized carbons (Fsp3) is 0.615. The van der Waals surface area contributed by atoms with E-state index in [1.54, 1.807) is 11.8 Å². The maximum Gasteiger partial charge on any atom is 0.341 e. The molecule has 1 saturated carbocycles. The number of carbonyl (C=O) groups excluding carboxylic acids is 1. The second-order valence-electron chi connectivity index (χ2n) is 5.38. The molecule has 1 amide bonds. The van der Waals surface area contributed by atoms with E-state index in [0.29, 0.717) is 11.6 Å². The second-order valence-corrected chi connectivity index (χ2v) is 5.38. The fourth-order valence-electron chi connectivity index (χ4n) is 2.86. The van der Waals surface area contributed by atoms with Crippen molar-refractivity contribution < 1.29 is 13.6 Å². The Hall–Kier alpha value is -1.79. The maximum absolute atomic E-state index is 13.9. The van der Waals surface area contributed by atoms with Gasteiger partial charge in [-0.15, -0.1) is 0 Å². The van der Waals surface area contributed by atoms with E-state index >= 15 is 0 Å². The lowest BCUT2D eigenvalue weighted by Crippen LogP contribution is -2.46. The van der Waals surface area contributed by atoms with Gasteiger partial charge in [0.25, 0.3) is 5.91 Å². The lowest BCUT2D eigenvalue weighted by atomic mass is 10.2. The number of aromatic nitrogens is 2. The molecule has 1 N–H and O–H groups in total. The third-order valence-electron chi connectivity index (χ3n) is 3.88. The summed E-state index contributed by atoms with van der Waals surface area (Å²) in [6.45, 7) is 1.09. The Kier molecular flexibility index (Phi) is 3.07. The van der Waals surface area contributed by atoms with Crippen LogP contribution in [0.2, 0.25) is 0 Å². The number of nitrogens with zero attached hydrogens (tertiary/aromatic N) is 3. The summed E-state index contributed by atoms with van der Waals surface area (Å²) in [6.07, 6.45) is 5.15. The highest BCUT2D eigenvalue weighted by Crippen LogP contribution is 2.36. The van der Waals surface area contributed by atoms with Crippen LogP contribution in [0, 0.1) is 6.92 Å². The van der Waals surface area contributed by atoms with Gasteiger partial charge in [-0.1, -0.05) is 12.8 Å². The zero-order valence-electron chi connectivity index (χ0n) is 11.2. The van der Waals surface area contributed by atoms with E-state index in [1.165, 1.54) is 6.20 Å². The molecule has 2 heterocycles. The first kappa shape index (κ1) is 13.2. The number of alkyl halides is 2. The van der Waals surface area contributed by atoms with Gasteiger partial charge in [-0.25, -0.2) is 9.97 Å². The average molecular weight is 282 g/mol. The quantitative estimate of drug-likeness (QED) is 0.857. The molecule has 20 heavy (non-hydrogen) atoms. The van der Waals surface area contributed by atoms with Gasteiger partial charge in [0.1, 0.15) is 11.5 Å². The summed E-state index contributed by atoms with van der Waals surface area (Å²) in [6, 6.07) is 0.0154. The van der Waals surface area contributed by atoms with Crippen LogP contribution in [0.15, 0.2) is 6.20 Å². The summed E-state index contributed by atoms with van der Waals surface area (Å²) in [5, 5.41) is 2.24. The molecular formula is C13H16F2N4O. The standard InChI is InChI=1S/C13H16F2N4O/c1-8-16-6-10-11(17-8)19(9-4-2-3-5-9)7-13(14,15)12(20)18-10/h6,9H,2-5,7H2,1H3,(H,18,20). The highest BCUT2D eigenvalue weighted by atomic mass is 19.3. The van der Waals surface area contributed by atoms with Gasteiger partial charge in [0, 0.05) is 6.04 Å². The van der Waals surface area contributed by atoms with Crippen molar-refractivity contribution in [1.82, 2.24) is 9.97 Å². The number of halogens is 2. The Morgan fingerprint density at radius 3 is 2.80 bits per heavy atom. The van der Waals surface area contributed by atoms with E-state index in [-0.39, 0.29) is 11.7 Å². The molecule has 0 radical (unpaired) electrons. The summed E-state index contributed by atoms with van der Waals surface area (Å²) >= 11 is 0. The number of aryl methyl sites for hydroxylation is 1. The summed E-state index contributed by atoms with van der Waals surface area (Å²) in [7, 11) is 0. The van der Waals surface area contributed by atoms with Crippen LogP contribution < -0.4 is 10.2 Å². The normalized spacial score (nSPS) is 22.4. The third-order valence-corrected chi connectivity index (χ3v) is 3.88. The number of rotatable bonds is 1. The first-order valence-corrected chi connectivity index (χ1v) is 6.77. The molecule has 7 heteroatoms. The number of carbonyl (C=O) groups is 1. The SMILES string of the molecule is Cc1ncc2c(n1)N(C1CCCC1)CC(F)(F)C(=O)N2. The van der Waals surface area contributed by atoms with Gasteiger partial charge in [-0.05, 0) is 19.8 Å². The van der Waals surface area contributed by atoms with Crippen molar-refractivity contribution >= 4 is 17.4 Å². The number of hydrogen-bond acceptors (Lipinski definition) is 4. The molecule has 1 fully saturated rings. The van der Waals surface area contributed by atoms with Crippen molar-refractivity contribution in [3.63, 3.8) is 0 Å². The molecule has 0 aromatic carbocycles. The molecule has 0 unspecified atom stereocenters. The average Bonchev–Trinajstić information content (AvgIpc) is 2.89. The molecule has 108 valence electrons. The van der Waals surface area contributed by atoms with Crippen LogP contribution in [0.3, 0.4) is 0 Å². The van der Waals surface area contributed by atoms with Gasteiger partial charge in [0.05, 0.1) is 12.7 Å². The Labute approximate surface area is 115 Å². The smallest absolute Gasteiger partial charge is 0.341 e. The van der Waals surface area contributed by atoms with Gasteiger partial charge in [-0.3, -0.25) is 4.79 Å². The number of nitrogens with one attached hydrogen (secondary N) is 1. The molecule has 0 bridgehead atoms. The highest BCUT2D eigenvalue weighted by Gasteiger charge is 2.46. The van der Waals surface area contributed by atoms with E-state index < -0.39 is 18.4 Å². The molecule has 0 saturated heterocycles. The van der Waals surface area contributed by atoms with Crippen LogP contribution >= 0.6 is 0 Å². The molecule has 1 aromatic heterocycles.